The van der Waals surface area contributed by atoms with Crippen molar-refractivity contribution in [1.29, 1.82) is 21.0 Å². The number of aromatic nitrogens is 5. The number of hydrogen-bond acceptors (Lipinski definition) is 17. The molecule has 2 unspecified atom stereocenters. The van der Waals surface area contributed by atoms with Gasteiger partial charge in [-0.2, -0.15) is 31.0 Å². The number of aryl methyl sites for hydroxylation is 4. The van der Waals surface area contributed by atoms with E-state index in [-0.39, 0.29) is 12.6 Å². The van der Waals surface area contributed by atoms with Crippen molar-refractivity contribution in [1.82, 2.24) is 24.5 Å². The van der Waals surface area contributed by atoms with Crippen LogP contribution in [-0.4, -0.2) is 62.4 Å². The number of carboxylic acid groups (broad SMARTS) is 1. The van der Waals surface area contributed by atoms with Gasteiger partial charge in [0.2, 0.25) is 11.9 Å². The van der Waals surface area contributed by atoms with Crippen molar-refractivity contribution in [3.63, 3.8) is 0 Å². The average molecular weight is 1010 g/mol. The molecule has 0 spiro atoms. The molecule has 0 saturated carbocycles. The highest BCUT2D eigenvalue weighted by molar-refractivity contribution is 5.76. The number of hydrogen-bond donors (Lipinski definition) is 6. The lowest BCUT2D eigenvalue weighted by atomic mass is 10.0. The van der Waals surface area contributed by atoms with Crippen LogP contribution in [0.25, 0.3) is 17.8 Å². The maximum atomic E-state index is 9.00. The lowest BCUT2D eigenvalue weighted by molar-refractivity contribution is -0.185. The number of nitrogens with one attached hydrogen (secondary N) is 4. The maximum Gasteiger partial charge on any atom is 0.300 e. The highest BCUT2D eigenvalue weighted by atomic mass is 16.8. The van der Waals surface area contributed by atoms with Crippen LogP contribution in [0.1, 0.15) is 64.3 Å². The number of nitrogens with zero attached hydrogens (tertiary/aromatic N) is 9. The first-order chi connectivity index (χ1) is 36.2. The molecule has 4 aromatic carbocycles. The first-order valence-electron chi connectivity index (χ1n) is 23.1. The third-order valence-electron chi connectivity index (χ3n) is 10.8. The average Bonchev–Trinajstić information content (AvgIpc) is 4.13. The fourth-order valence-corrected chi connectivity index (χ4v) is 7.29. The van der Waals surface area contributed by atoms with E-state index in [0.717, 1.165) is 81.6 Å². The van der Waals surface area contributed by atoms with Crippen molar-refractivity contribution in [2.45, 2.75) is 60.0 Å². The van der Waals surface area contributed by atoms with Crippen LogP contribution in [-0.2, 0) is 19.0 Å². The molecule has 75 heavy (non-hydrogen) atoms. The number of allylic oxidation sites excluding steroid dienone is 2. The van der Waals surface area contributed by atoms with E-state index in [1.165, 1.54) is 18.3 Å². The van der Waals surface area contributed by atoms with Gasteiger partial charge in [-0.3, -0.25) is 4.79 Å². The summed E-state index contributed by atoms with van der Waals surface area (Å²) in [5, 5.41) is 55.9. The topological polar surface area (TPSA) is 291 Å². The zero-order valence-electron chi connectivity index (χ0n) is 42.5. The van der Waals surface area contributed by atoms with Crippen LogP contribution in [0.5, 0.6) is 0 Å². The summed E-state index contributed by atoms with van der Waals surface area (Å²) in [6.07, 6.45) is 15.4. The predicted molar refractivity (Wildman–Crippen MR) is 290 cm³/mol. The summed E-state index contributed by atoms with van der Waals surface area (Å²) in [4.78, 5) is 26.9. The summed E-state index contributed by atoms with van der Waals surface area (Å²) in [7, 11) is 3.28. The minimum atomic E-state index is -0.833. The van der Waals surface area contributed by atoms with Crippen LogP contribution in [0.3, 0.4) is 0 Å². The van der Waals surface area contributed by atoms with Gasteiger partial charge >= 0.3 is 0 Å². The Bertz CT molecular complexity index is 3220. The molecule has 7 aromatic rings. The summed E-state index contributed by atoms with van der Waals surface area (Å²) < 4.78 is 17.0. The molecule has 1 aliphatic heterocycles. The molecule has 0 radical (unpaired) electrons. The number of anilines is 9. The van der Waals surface area contributed by atoms with Crippen LogP contribution in [0.4, 0.5) is 52.0 Å². The van der Waals surface area contributed by atoms with Gasteiger partial charge < -0.3 is 50.9 Å². The van der Waals surface area contributed by atoms with Gasteiger partial charge in [-0.15, -0.1) is 0 Å². The maximum absolute atomic E-state index is 9.00. The molecule has 8 rings (SSSR count). The van der Waals surface area contributed by atoms with Crippen LogP contribution < -0.4 is 27.0 Å². The number of carbonyl (C=O) groups is 1. The molecule has 0 amide bonds. The molecule has 0 bridgehead atoms. The quantitative estimate of drug-likeness (QED) is 0.0585. The number of nitrogen functional groups attached to an aromatic ring is 1. The number of ether oxygens (including phenoxy) is 3. The monoisotopic (exact) mass is 1000 g/mol. The van der Waals surface area contributed by atoms with Gasteiger partial charge in [0.05, 0.1) is 53.5 Å². The van der Waals surface area contributed by atoms with E-state index < -0.39 is 5.97 Å². The first kappa shape index (κ1) is 56.0. The molecule has 4 heterocycles. The Balaban J connectivity index is 0.000000225. The lowest BCUT2D eigenvalue weighted by Crippen LogP contribution is -2.13. The molecular formula is C56H56N14O5. The summed E-state index contributed by atoms with van der Waals surface area (Å²) >= 11 is 0. The van der Waals surface area contributed by atoms with Crippen LogP contribution in [0, 0.1) is 73.0 Å². The molecule has 19 heteroatoms. The Kier molecular flexibility index (Phi) is 21.1. The summed E-state index contributed by atoms with van der Waals surface area (Å²) in [6, 6.07) is 34.2. The number of benzene rings is 4. The van der Waals surface area contributed by atoms with Crippen molar-refractivity contribution < 1.29 is 24.1 Å². The highest BCUT2D eigenvalue weighted by Gasteiger charge is 2.24. The minimum absolute atomic E-state index is 0.0463. The summed E-state index contributed by atoms with van der Waals surface area (Å²) in [5.41, 5.74) is 17.8. The number of nitrogens with two attached hydrogens (primary N) is 1. The molecule has 19 nitrogen and oxygen atoms in total. The fourth-order valence-electron chi connectivity index (χ4n) is 7.29. The SMILES string of the molecule is CC(=O)O.COC1CCC(OC)O1.Cc1cc(/C=C/C#N)cc(C)c1Nc1nc(Nc2ccc(C#N)cc2)ncc1-n1cccc1.Cc1cc(/C=C/C#N)cc(C)c1Nc1nc(Nc2ccc(C#N)cc2)ncc1N. The van der Waals surface area contributed by atoms with Crippen LogP contribution >= 0.6 is 0 Å². The van der Waals surface area contributed by atoms with Crippen LogP contribution in [0.15, 0.2) is 122 Å². The Morgan fingerprint density at radius 3 is 1.47 bits per heavy atom. The number of aliphatic carboxylic acids is 1. The molecule has 1 saturated heterocycles. The minimum Gasteiger partial charge on any atom is -0.481 e. The van der Waals surface area contributed by atoms with Gasteiger partial charge in [-0.25, -0.2) is 9.97 Å². The Morgan fingerprint density at radius 1 is 0.680 bits per heavy atom. The van der Waals surface area contributed by atoms with Crippen molar-refractivity contribution in [3.05, 3.63) is 166 Å². The zero-order chi connectivity index (χ0) is 54.3. The van der Waals surface area contributed by atoms with Crippen molar-refractivity contribution in [2.75, 3.05) is 41.2 Å². The molecule has 0 aliphatic carbocycles. The predicted octanol–water partition coefficient (Wildman–Crippen LogP) is 11.2. The van der Waals surface area contributed by atoms with Crippen molar-refractivity contribution in [3.8, 4) is 30.0 Å². The van der Waals surface area contributed by atoms with Crippen molar-refractivity contribution in [2.24, 2.45) is 0 Å². The fraction of sp³-hybridized carbons (Fsp3) is 0.196. The molecule has 380 valence electrons. The smallest absolute Gasteiger partial charge is 0.300 e. The van der Waals surface area contributed by atoms with E-state index in [4.69, 9.17) is 55.9 Å². The number of carboxylic acids is 1. The molecule has 2 atom stereocenters. The molecule has 3 aromatic heterocycles. The molecule has 1 aliphatic rings. The van der Waals surface area contributed by atoms with E-state index in [1.807, 2.05) is 105 Å². The Morgan fingerprint density at radius 2 is 1.08 bits per heavy atom. The molecule has 1 fully saturated rings. The second kappa shape index (κ2) is 28.2. The largest absolute Gasteiger partial charge is 0.481 e. The van der Waals surface area contributed by atoms with Crippen molar-refractivity contribution >= 4 is 70.1 Å². The Labute approximate surface area is 435 Å². The van der Waals surface area contributed by atoms with E-state index >= 15 is 0 Å². The van der Waals surface area contributed by atoms with E-state index in [1.54, 1.807) is 69.0 Å². The lowest BCUT2D eigenvalue weighted by Gasteiger charge is -2.17. The number of methoxy groups -OCH3 is 2. The third kappa shape index (κ3) is 17.1. The molecule has 7 N–H and O–H groups in total. The van der Waals surface area contributed by atoms with Gasteiger partial charge in [-0.1, -0.05) is 0 Å². The standard InChI is InChI=1S/C26H21N7.C22H19N7.C6H12O3.C2H4O2/c1-18-14-21(6-5-11-27)15-19(2)24(18)31-25-23(33-12-3-4-13-33)17-29-26(32-25)30-22-9-7-20(16-28)8-10-22;1-14-10-17(4-3-9-23)11-15(2)20(14)28-21-19(25)13-26-22(29-21)27-18-7-5-16(12-24)6-8-18;1-7-5-3-4-6(8-2)9-5;1-2(3)4/h3-10,12-15,17H,1-2H3,(H2,29,30,31,32);3-8,10-11,13H,25H2,1-2H3,(H2,26,27,28,29);5-6H,3-4H2,1-2H3;1H3,(H,3,4)/b6-5+;4-3+;;. The summed E-state index contributed by atoms with van der Waals surface area (Å²) in [6.45, 7) is 9.08. The van der Waals surface area contributed by atoms with Gasteiger partial charge in [0, 0.05) is 81.3 Å². The third-order valence-corrected chi connectivity index (χ3v) is 10.8. The first-order valence-corrected chi connectivity index (χ1v) is 23.1. The van der Waals surface area contributed by atoms with Gasteiger partial charge in [0.25, 0.3) is 5.97 Å². The highest BCUT2D eigenvalue weighted by Crippen LogP contribution is 2.31. The van der Waals surface area contributed by atoms with Gasteiger partial charge in [-0.05, 0) is 158 Å². The van der Waals surface area contributed by atoms with E-state index in [9.17, 15) is 0 Å². The summed E-state index contributed by atoms with van der Waals surface area (Å²) in [5.74, 6) is 1.11. The van der Waals surface area contributed by atoms with E-state index in [0.29, 0.717) is 40.3 Å². The van der Waals surface area contributed by atoms with Gasteiger partial charge in [0.1, 0.15) is 5.69 Å². The Hall–Kier alpha value is -9.89. The second-order valence-corrected chi connectivity index (χ2v) is 16.4. The van der Waals surface area contributed by atoms with Crippen LogP contribution in [0.2, 0.25) is 0 Å². The molecular weight excluding hydrogens is 949 g/mol. The number of rotatable bonds is 13. The number of nitriles is 4. The van der Waals surface area contributed by atoms with Gasteiger partial charge in [0.15, 0.2) is 24.2 Å². The second-order valence-electron chi connectivity index (χ2n) is 16.4. The zero-order valence-corrected chi connectivity index (χ0v) is 42.5. The normalized spacial score (nSPS) is 13.2. The van der Waals surface area contributed by atoms with E-state index in [2.05, 4.69) is 48.4 Å².